The molecule has 10 aromatic rings. The van der Waals surface area contributed by atoms with Gasteiger partial charge in [-0.1, -0.05) is 110 Å². The molecule has 3 aliphatic heterocycles. The molecule has 16 rings (SSSR count). The van der Waals surface area contributed by atoms with Gasteiger partial charge in [-0.25, -0.2) is 92.7 Å². The number of methoxy groups -OCH3 is 4. The van der Waals surface area contributed by atoms with Crippen molar-refractivity contribution in [1.29, 1.82) is 0 Å². The zero-order valence-electron chi connectivity index (χ0n) is 72.8. The van der Waals surface area contributed by atoms with Crippen molar-refractivity contribution in [2.75, 3.05) is 55.3 Å². The zero-order valence-corrected chi connectivity index (χ0v) is 81.0. The molecule has 6 aliphatic rings. The number of ketones is 3. The van der Waals surface area contributed by atoms with Crippen LogP contribution in [0.15, 0.2) is 226 Å². The van der Waals surface area contributed by atoms with Gasteiger partial charge in [-0.3, -0.25) is 14.4 Å². The molecule has 133 heavy (non-hydrogen) atoms. The van der Waals surface area contributed by atoms with Gasteiger partial charge in [0, 0.05) is 136 Å². The van der Waals surface area contributed by atoms with Gasteiger partial charge in [0.05, 0.1) is 50.9 Å². The summed E-state index contributed by atoms with van der Waals surface area (Å²) in [5.74, 6) is -6.60. The van der Waals surface area contributed by atoms with Gasteiger partial charge < -0.3 is 34.5 Å². The van der Waals surface area contributed by atoms with E-state index < -0.39 is 115 Å². The molecule has 3 fully saturated rings. The number of rotatable bonds is 23. The van der Waals surface area contributed by atoms with E-state index in [0.717, 1.165) is 96.5 Å². The summed E-state index contributed by atoms with van der Waals surface area (Å²) in [6.45, 7) is 5.34. The third-order valence-electron chi connectivity index (χ3n) is 23.5. The molecule has 0 aromatic heterocycles. The van der Waals surface area contributed by atoms with Crippen LogP contribution in [0, 0.1) is 101 Å². The van der Waals surface area contributed by atoms with Gasteiger partial charge in [-0.15, -0.1) is 0 Å². The van der Waals surface area contributed by atoms with Crippen molar-refractivity contribution in [3.8, 4) is 23.0 Å². The Bertz CT molecular complexity index is 6350. The van der Waals surface area contributed by atoms with Crippen LogP contribution >= 0.6 is 15.9 Å². The molecule has 0 spiro atoms. The van der Waals surface area contributed by atoms with Crippen molar-refractivity contribution in [2.45, 2.75) is 127 Å². The first-order valence-corrected chi connectivity index (χ1v) is 46.5. The van der Waals surface area contributed by atoms with Gasteiger partial charge >= 0.3 is 0 Å². The van der Waals surface area contributed by atoms with Crippen LogP contribution in [0.4, 0.5) is 39.5 Å². The minimum atomic E-state index is -4.48. The van der Waals surface area contributed by atoms with Crippen LogP contribution in [0.2, 0.25) is 0 Å². The average molecular weight is 2190 g/mol. The fraction of sp³-hybridized carbons (Fsp3) is 0.320. The molecule has 704 valence electrons. The van der Waals surface area contributed by atoms with E-state index in [2.05, 4.69) is 20.9 Å². The van der Waals surface area contributed by atoms with Gasteiger partial charge in [0.25, 0.3) is 0 Å². The second-order valence-corrected chi connectivity index (χ2v) is 39.9. The number of Topliss-reactive ketones (excluding diaryl/α,β-unsaturated/α-hetero) is 3. The quantitative estimate of drug-likeness (QED) is 0.0460. The molecule has 3 heterocycles. The summed E-state index contributed by atoms with van der Waals surface area (Å²) in [7, 11) is -2.41. The number of ether oxygens (including phenoxy) is 4. The number of hydrogen-bond acceptors (Lipinski definition) is 19. The van der Waals surface area contributed by atoms with Crippen LogP contribution in [0.1, 0.15) is 166 Å². The van der Waals surface area contributed by atoms with Crippen LogP contribution in [0.3, 0.4) is 0 Å². The number of hydrogen-bond donors (Lipinski definition) is 1. The fourth-order valence-electron chi connectivity index (χ4n) is 15.9. The number of sulfonamides is 3. The summed E-state index contributed by atoms with van der Waals surface area (Å²) in [5, 5.41) is -3.21. The maximum Gasteiger partial charge on any atom is 0.247 e. The smallest absolute Gasteiger partial charge is 0.247 e. The van der Waals surface area contributed by atoms with Crippen molar-refractivity contribution in [3.05, 3.63) is 330 Å². The molecule has 0 saturated heterocycles. The number of aliphatic imine (C=N–C) groups is 3. The van der Waals surface area contributed by atoms with Crippen molar-refractivity contribution in [2.24, 2.45) is 38.5 Å². The monoisotopic (exact) mass is 2180 g/mol. The topological polar surface area (TPSA) is 270 Å². The molecule has 5 atom stereocenters. The maximum atomic E-state index is 15.8. The third-order valence-corrected chi connectivity index (χ3v) is 30.4. The Morgan fingerprint density at radius 3 is 1.01 bits per heavy atom. The van der Waals surface area contributed by atoms with Crippen LogP contribution in [0.5, 0.6) is 23.0 Å². The Balaban J connectivity index is 0.000000195. The standard InChI is InChI=1S/C37H36F3N3O5S.C27H29F2N3O4S.C21H20F3N3O3S.C10H8BrFO.2CH4.U/c1-37(31-18-12-27(38)20-33(31)40)35(26-11-17-30(32(39)19-26)34(44)25-9-10-25)49(45,46)42(2)36(41-37)43(21-23-5-13-28(47-3)14-6-23)22-24-7-15-29(48-4)16-8-24;1-27(24-14-9-21(28)15-25(24)29)18-37(33,34)31(2)26(30-27)32(16-19-5-10-22(35-3)11-6-19)17-20-7-12-23(36-4)13-8-20;1-21(15-8-6-13(22)10-17(15)24)19(31(29,30)27(2)20(25)26-21)12-5-7-14(16(23)9-12)18(28)11-3-4-11;11-7-3-4-8(9(12)5-7)10(13)6-1-2-6;;;/h5-8,11-20,25,35H,9-10,21-22H2,1-4H3;5-15H,16-18H2,1-4H3;5-11,19H,3-4H2,1-2H3,(H2,25,26);3-6H,1-2H2;2*1H4;/t35-,37-;27-;19-,21-;;;;/m101..../s1. The molecule has 22 nitrogen and oxygen atoms in total. The minimum Gasteiger partial charge on any atom is -0.497 e. The molecule has 0 amide bonds. The summed E-state index contributed by atoms with van der Waals surface area (Å²) in [4.78, 5) is 54.0. The molecular weight excluding hydrogens is 2080 g/mol. The molecular formula is C97H101BrF9N9O13S3U. The van der Waals surface area contributed by atoms with E-state index in [1.807, 2.05) is 77.7 Å². The Morgan fingerprint density at radius 2 is 0.699 bits per heavy atom. The number of nitrogens with two attached hydrogens (primary N) is 1. The summed E-state index contributed by atoms with van der Waals surface area (Å²) in [5.41, 5.74) is 3.53. The zero-order chi connectivity index (χ0) is 94.0. The molecule has 3 saturated carbocycles. The van der Waals surface area contributed by atoms with Gasteiger partial charge in [0.2, 0.25) is 47.9 Å². The molecule has 10 aromatic carbocycles. The first-order valence-electron chi connectivity index (χ1n) is 41.1. The fourth-order valence-corrected chi connectivity index (χ4v) is 21.6. The van der Waals surface area contributed by atoms with Crippen LogP contribution in [0.25, 0.3) is 0 Å². The number of carbonyl (C=O) groups is 3. The molecule has 0 unspecified atom stereocenters. The van der Waals surface area contributed by atoms with Crippen LogP contribution in [-0.2, 0) is 72.9 Å². The number of benzene rings is 10. The number of halogens is 10. The van der Waals surface area contributed by atoms with E-state index in [1.165, 1.54) is 71.4 Å². The Hall–Kier alpha value is -11.0. The van der Waals surface area contributed by atoms with Crippen molar-refractivity contribution in [1.82, 2.24) is 22.7 Å². The average Bonchev–Trinajstić information content (AvgIpc) is 1.63. The SMILES string of the molecule is C.C.CN1C(N)=N[C@](C)(c2ccc(F)cc2F)[C@@H](c2ccc(C(=O)C3CC3)c(F)c2)S1(=O)=O.COc1ccc(CN(Cc2ccc(OC)cc2)C2=N[C@](C)(c3ccc(F)cc3F)CS(=O)(=O)N2C)cc1.COc1ccc(CN(Cc2ccc(OC)cc2)C2=N[C@](C)(c3ccc(F)cc3F)[C@@H](c3ccc(C(=O)C4CC4)c(F)c3)S(=O)(=O)N2C)cc1.O=C(c1ccc(Br)cc1F)C1CC1.[U]. The maximum absolute atomic E-state index is 15.8. The van der Waals surface area contributed by atoms with E-state index in [4.69, 9.17) is 34.7 Å². The predicted molar refractivity (Wildman–Crippen MR) is 490 cm³/mol. The molecule has 0 radical (unpaired) electrons. The second-order valence-electron chi connectivity index (χ2n) is 32.9. The third kappa shape index (κ3) is 23.0. The number of carbonyl (C=O) groups excluding carboxylic acids is 3. The second kappa shape index (κ2) is 42.3. The first-order chi connectivity index (χ1) is 61.5. The minimum absolute atomic E-state index is 0. The first kappa shape index (κ1) is 104. The van der Waals surface area contributed by atoms with Gasteiger partial charge in [-0.05, 0) is 202 Å². The van der Waals surface area contributed by atoms with E-state index >= 15 is 8.78 Å². The van der Waals surface area contributed by atoms with E-state index in [1.54, 1.807) is 76.7 Å². The van der Waals surface area contributed by atoms with Crippen LogP contribution in [-0.4, -0.2) is 139 Å². The predicted octanol–water partition coefficient (Wildman–Crippen LogP) is 19.2. The largest absolute Gasteiger partial charge is 0.497 e. The Kier molecular flexibility index (Phi) is 33.1. The van der Waals surface area contributed by atoms with Gasteiger partial charge in [-0.2, -0.15) is 0 Å². The normalized spacial score (nSPS) is 20.0. The van der Waals surface area contributed by atoms with Crippen molar-refractivity contribution >= 4 is 81.2 Å². The van der Waals surface area contributed by atoms with E-state index in [9.17, 15) is 70.4 Å². The molecule has 0 bridgehead atoms. The van der Waals surface area contributed by atoms with Gasteiger partial charge in [0.1, 0.15) is 102 Å². The summed E-state index contributed by atoms with van der Waals surface area (Å²) in [6.07, 6.45) is 4.55. The molecule has 36 heteroatoms. The van der Waals surface area contributed by atoms with Gasteiger partial charge in [0.15, 0.2) is 17.3 Å². The van der Waals surface area contributed by atoms with E-state index in [-0.39, 0.29) is 157 Å². The number of guanidine groups is 3. The molecule has 3 aliphatic carbocycles. The van der Waals surface area contributed by atoms with E-state index in [0.29, 0.717) is 78.4 Å². The molecule has 2 N–H and O–H groups in total. The van der Waals surface area contributed by atoms with Crippen LogP contribution < -0.4 is 24.7 Å². The summed E-state index contributed by atoms with van der Waals surface area (Å²) < 4.78 is 238. The number of nitrogens with zero attached hydrogens (tertiary/aromatic N) is 8. The Morgan fingerprint density at radius 1 is 0.398 bits per heavy atom. The van der Waals surface area contributed by atoms with Crippen molar-refractivity contribution < 1.29 is 129 Å². The summed E-state index contributed by atoms with van der Waals surface area (Å²) >= 11 is 3.15. The Labute approximate surface area is 801 Å². The van der Waals surface area contributed by atoms with Crippen molar-refractivity contribution in [3.63, 3.8) is 0 Å². The summed E-state index contributed by atoms with van der Waals surface area (Å²) in [6, 6.07) is 49.7.